The number of thiazole rings is 1. The van der Waals surface area contributed by atoms with E-state index in [0.29, 0.717) is 6.04 Å². The summed E-state index contributed by atoms with van der Waals surface area (Å²) >= 11 is 1.65. The number of rotatable bonds is 6. The van der Waals surface area contributed by atoms with Crippen LogP contribution in [0, 0.1) is 0 Å². The van der Waals surface area contributed by atoms with Crippen molar-refractivity contribution in [1.29, 1.82) is 0 Å². The third-order valence-corrected chi connectivity index (χ3v) is 3.50. The Morgan fingerprint density at radius 1 is 1.47 bits per heavy atom. The summed E-state index contributed by atoms with van der Waals surface area (Å²) in [7, 11) is 0. The van der Waals surface area contributed by atoms with Crippen molar-refractivity contribution in [1.82, 2.24) is 14.9 Å². The quantitative estimate of drug-likeness (QED) is 0.852. The molecule has 4 heteroatoms. The van der Waals surface area contributed by atoms with Crippen molar-refractivity contribution in [3.8, 4) is 0 Å². The third kappa shape index (κ3) is 3.17. The molecule has 2 rings (SSSR count). The molecular formula is C13H19N3S. The van der Waals surface area contributed by atoms with Gasteiger partial charge in [0.25, 0.3) is 0 Å². The molecule has 0 aliphatic carbocycles. The van der Waals surface area contributed by atoms with Gasteiger partial charge in [0, 0.05) is 23.8 Å². The summed E-state index contributed by atoms with van der Waals surface area (Å²) in [6.07, 6.45) is 5.47. The maximum atomic E-state index is 4.30. The van der Waals surface area contributed by atoms with E-state index in [0.717, 1.165) is 25.2 Å². The SMILES string of the molecule is CCNC(CC)c1ccn(Cc2cscn2)c1. The van der Waals surface area contributed by atoms with Crippen molar-refractivity contribution in [3.05, 3.63) is 40.6 Å². The lowest BCUT2D eigenvalue weighted by Crippen LogP contribution is -2.19. The van der Waals surface area contributed by atoms with Crippen molar-refractivity contribution in [3.63, 3.8) is 0 Å². The zero-order valence-electron chi connectivity index (χ0n) is 10.4. The van der Waals surface area contributed by atoms with Crippen molar-refractivity contribution >= 4 is 11.3 Å². The fraction of sp³-hybridized carbons (Fsp3) is 0.462. The minimum absolute atomic E-state index is 0.469. The molecule has 0 bridgehead atoms. The fourth-order valence-electron chi connectivity index (χ4n) is 2.01. The molecule has 0 aromatic carbocycles. The van der Waals surface area contributed by atoms with Gasteiger partial charge >= 0.3 is 0 Å². The van der Waals surface area contributed by atoms with Crippen LogP contribution in [0.2, 0.25) is 0 Å². The Morgan fingerprint density at radius 2 is 2.35 bits per heavy atom. The monoisotopic (exact) mass is 249 g/mol. The van der Waals surface area contributed by atoms with Gasteiger partial charge in [-0.25, -0.2) is 4.98 Å². The number of hydrogen-bond donors (Lipinski definition) is 1. The van der Waals surface area contributed by atoms with Crippen LogP contribution in [-0.4, -0.2) is 16.1 Å². The van der Waals surface area contributed by atoms with E-state index < -0.39 is 0 Å². The van der Waals surface area contributed by atoms with Crippen LogP contribution in [-0.2, 0) is 6.54 Å². The van der Waals surface area contributed by atoms with E-state index in [1.165, 1.54) is 5.56 Å². The summed E-state index contributed by atoms with van der Waals surface area (Å²) in [5, 5.41) is 5.59. The minimum Gasteiger partial charge on any atom is -0.348 e. The first-order valence-corrected chi connectivity index (χ1v) is 7.03. The molecule has 92 valence electrons. The Kier molecular flexibility index (Phi) is 4.34. The summed E-state index contributed by atoms with van der Waals surface area (Å²) in [6.45, 7) is 6.24. The lowest BCUT2D eigenvalue weighted by molar-refractivity contribution is 0.536. The van der Waals surface area contributed by atoms with Crippen LogP contribution in [0.25, 0.3) is 0 Å². The second kappa shape index (κ2) is 5.98. The number of hydrogen-bond acceptors (Lipinski definition) is 3. The average Bonchev–Trinajstić information content (AvgIpc) is 2.98. The van der Waals surface area contributed by atoms with Crippen molar-refractivity contribution in [2.45, 2.75) is 32.9 Å². The molecule has 2 aromatic heterocycles. The Labute approximate surface area is 107 Å². The summed E-state index contributed by atoms with van der Waals surface area (Å²) < 4.78 is 2.20. The van der Waals surface area contributed by atoms with Gasteiger partial charge in [0.15, 0.2) is 0 Å². The predicted molar refractivity (Wildman–Crippen MR) is 72.4 cm³/mol. The molecule has 0 saturated carbocycles. The highest BCUT2D eigenvalue weighted by Gasteiger charge is 2.09. The van der Waals surface area contributed by atoms with E-state index in [-0.39, 0.29) is 0 Å². The Balaban J connectivity index is 2.04. The molecule has 0 fully saturated rings. The highest BCUT2D eigenvalue weighted by molar-refractivity contribution is 7.07. The lowest BCUT2D eigenvalue weighted by atomic mass is 10.1. The first-order chi connectivity index (χ1) is 8.33. The van der Waals surface area contributed by atoms with Crippen LogP contribution in [0.3, 0.4) is 0 Å². The van der Waals surface area contributed by atoms with E-state index >= 15 is 0 Å². The fourth-order valence-corrected chi connectivity index (χ4v) is 2.56. The van der Waals surface area contributed by atoms with Crippen LogP contribution in [0.15, 0.2) is 29.4 Å². The van der Waals surface area contributed by atoms with Crippen LogP contribution in [0.5, 0.6) is 0 Å². The smallest absolute Gasteiger partial charge is 0.0795 e. The van der Waals surface area contributed by atoms with E-state index in [9.17, 15) is 0 Å². The zero-order valence-corrected chi connectivity index (χ0v) is 11.2. The standard InChI is InChI=1S/C13H19N3S/c1-3-13(14-4-2)11-5-6-16(7-11)8-12-9-17-10-15-12/h5-7,9-10,13-14H,3-4,8H2,1-2H3. The summed E-state index contributed by atoms with van der Waals surface area (Å²) in [6, 6.07) is 2.67. The third-order valence-electron chi connectivity index (χ3n) is 2.86. The zero-order chi connectivity index (χ0) is 12.1. The largest absolute Gasteiger partial charge is 0.348 e. The van der Waals surface area contributed by atoms with Crippen molar-refractivity contribution < 1.29 is 0 Å². The van der Waals surface area contributed by atoms with Crippen LogP contribution in [0.4, 0.5) is 0 Å². The predicted octanol–water partition coefficient (Wildman–Crippen LogP) is 3.05. The number of nitrogens with zero attached hydrogens (tertiary/aromatic N) is 2. The molecule has 2 aromatic rings. The van der Waals surface area contributed by atoms with Gasteiger partial charge in [0.05, 0.1) is 17.7 Å². The second-order valence-electron chi connectivity index (χ2n) is 4.12. The van der Waals surface area contributed by atoms with E-state index in [2.05, 4.69) is 52.6 Å². The molecule has 0 saturated heterocycles. The highest BCUT2D eigenvalue weighted by atomic mass is 32.1. The van der Waals surface area contributed by atoms with Crippen LogP contribution in [0.1, 0.15) is 37.6 Å². The van der Waals surface area contributed by atoms with Crippen LogP contribution < -0.4 is 5.32 Å². The lowest BCUT2D eigenvalue weighted by Gasteiger charge is -2.13. The molecule has 17 heavy (non-hydrogen) atoms. The molecule has 1 unspecified atom stereocenters. The van der Waals surface area contributed by atoms with Crippen molar-refractivity contribution in [2.75, 3.05) is 6.54 Å². The molecular weight excluding hydrogens is 230 g/mol. The van der Waals surface area contributed by atoms with E-state index in [1.807, 2.05) is 5.51 Å². The molecule has 0 radical (unpaired) electrons. The van der Waals surface area contributed by atoms with Gasteiger partial charge in [-0.1, -0.05) is 13.8 Å². The summed E-state index contributed by atoms with van der Waals surface area (Å²) in [5.41, 5.74) is 4.38. The molecule has 2 heterocycles. The maximum Gasteiger partial charge on any atom is 0.0795 e. The molecule has 0 aliphatic rings. The highest BCUT2D eigenvalue weighted by Crippen LogP contribution is 2.17. The van der Waals surface area contributed by atoms with Gasteiger partial charge in [-0.3, -0.25) is 0 Å². The molecule has 0 aliphatic heterocycles. The van der Waals surface area contributed by atoms with Gasteiger partial charge in [0.1, 0.15) is 0 Å². The van der Waals surface area contributed by atoms with Gasteiger partial charge in [0.2, 0.25) is 0 Å². The van der Waals surface area contributed by atoms with Crippen molar-refractivity contribution in [2.24, 2.45) is 0 Å². The Morgan fingerprint density at radius 3 is 3.00 bits per heavy atom. The first-order valence-electron chi connectivity index (χ1n) is 6.09. The van der Waals surface area contributed by atoms with Gasteiger partial charge in [-0.05, 0) is 24.6 Å². The van der Waals surface area contributed by atoms with E-state index in [1.54, 1.807) is 11.3 Å². The Hall–Kier alpha value is -1.13. The maximum absolute atomic E-state index is 4.30. The number of aromatic nitrogens is 2. The van der Waals surface area contributed by atoms with Gasteiger partial charge in [-0.15, -0.1) is 11.3 Å². The molecule has 1 atom stereocenters. The molecule has 0 amide bonds. The summed E-state index contributed by atoms with van der Waals surface area (Å²) in [4.78, 5) is 4.30. The summed E-state index contributed by atoms with van der Waals surface area (Å²) in [5.74, 6) is 0. The average molecular weight is 249 g/mol. The minimum atomic E-state index is 0.469. The molecule has 1 N–H and O–H groups in total. The number of nitrogens with one attached hydrogen (secondary N) is 1. The van der Waals surface area contributed by atoms with Gasteiger partial charge in [-0.2, -0.15) is 0 Å². The van der Waals surface area contributed by atoms with E-state index in [4.69, 9.17) is 0 Å². The topological polar surface area (TPSA) is 29.9 Å². The Bertz CT molecular complexity index is 433. The normalized spacial score (nSPS) is 12.8. The second-order valence-corrected chi connectivity index (χ2v) is 4.83. The first kappa shape index (κ1) is 12.3. The molecule has 3 nitrogen and oxygen atoms in total. The van der Waals surface area contributed by atoms with Gasteiger partial charge < -0.3 is 9.88 Å². The molecule has 0 spiro atoms. The van der Waals surface area contributed by atoms with Crippen LogP contribution >= 0.6 is 11.3 Å².